The van der Waals surface area contributed by atoms with E-state index in [0.29, 0.717) is 12.5 Å². The van der Waals surface area contributed by atoms with Crippen LogP contribution >= 0.6 is 0 Å². The molecule has 2 unspecified atom stereocenters. The van der Waals surface area contributed by atoms with E-state index in [1.807, 2.05) is 0 Å². The van der Waals surface area contributed by atoms with Crippen molar-refractivity contribution < 1.29 is 5.11 Å². The van der Waals surface area contributed by atoms with Gasteiger partial charge in [0.1, 0.15) is 0 Å². The molecule has 4 heteroatoms. The first-order valence-electron chi connectivity index (χ1n) is 7.81. The molecule has 1 saturated carbocycles. The van der Waals surface area contributed by atoms with Crippen LogP contribution in [-0.4, -0.2) is 67.3 Å². The number of aliphatic hydroxyl groups is 1. The summed E-state index contributed by atoms with van der Waals surface area (Å²) in [4.78, 5) is 4.73. The lowest BCUT2D eigenvalue weighted by Gasteiger charge is -2.31. The molecule has 0 aromatic heterocycles. The zero-order valence-electron chi connectivity index (χ0n) is 13.1. The van der Waals surface area contributed by atoms with Gasteiger partial charge in [0, 0.05) is 6.54 Å². The van der Waals surface area contributed by atoms with Crippen molar-refractivity contribution in [2.45, 2.75) is 44.6 Å². The highest BCUT2D eigenvalue weighted by atomic mass is 16.3. The molecule has 0 radical (unpaired) electrons. The maximum Gasteiger partial charge on any atom is 0.0797 e. The fraction of sp³-hybridized carbons (Fsp3) is 1.00. The Morgan fingerprint density at radius 3 is 2.58 bits per heavy atom. The van der Waals surface area contributed by atoms with E-state index in [4.69, 9.17) is 5.73 Å². The van der Waals surface area contributed by atoms with Crippen LogP contribution < -0.4 is 5.73 Å². The lowest BCUT2D eigenvalue weighted by molar-refractivity contribution is 0.00465. The Morgan fingerprint density at radius 1 is 1.26 bits per heavy atom. The highest BCUT2D eigenvalue weighted by molar-refractivity contribution is 4.93. The third-order valence-electron chi connectivity index (χ3n) is 4.60. The van der Waals surface area contributed by atoms with Crippen LogP contribution in [0.2, 0.25) is 0 Å². The Bertz CT molecular complexity index is 248. The topological polar surface area (TPSA) is 52.7 Å². The minimum Gasteiger partial charge on any atom is -0.388 e. The number of nitrogens with zero attached hydrogens (tertiary/aromatic N) is 2. The van der Waals surface area contributed by atoms with Gasteiger partial charge < -0.3 is 20.6 Å². The summed E-state index contributed by atoms with van der Waals surface area (Å²) in [6.45, 7) is 7.14. The molecule has 0 heterocycles. The van der Waals surface area contributed by atoms with Crippen LogP contribution in [0.5, 0.6) is 0 Å². The van der Waals surface area contributed by atoms with E-state index in [0.717, 1.165) is 51.9 Å². The molecule has 1 rings (SSSR count). The third kappa shape index (κ3) is 5.38. The van der Waals surface area contributed by atoms with Crippen LogP contribution in [0.25, 0.3) is 0 Å². The van der Waals surface area contributed by atoms with Crippen molar-refractivity contribution >= 4 is 0 Å². The van der Waals surface area contributed by atoms with Gasteiger partial charge in [-0.2, -0.15) is 0 Å². The summed E-state index contributed by atoms with van der Waals surface area (Å²) >= 11 is 0. The van der Waals surface area contributed by atoms with Gasteiger partial charge in [-0.3, -0.25) is 0 Å². The van der Waals surface area contributed by atoms with Crippen molar-refractivity contribution in [3.63, 3.8) is 0 Å². The summed E-state index contributed by atoms with van der Waals surface area (Å²) in [6.07, 6.45) is 5.46. The molecule has 4 nitrogen and oxygen atoms in total. The van der Waals surface area contributed by atoms with E-state index in [9.17, 15) is 5.11 Å². The van der Waals surface area contributed by atoms with Gasteiger partial charge in [-0.25, -0.2) is 0 Å². The maximum absolute atomic E-state index is 10.4. The van der Waals surface area contributed by atoms with Crippen LogP contribution in [0, 0.1) is 5.92 Å². The van der Waals surface area contributed by atoms with Crippen molar-refractivity contribution in [1.29, 1.82) is 0 Å². The summed E-state index contributed by atoms with van der Waals surface area (Å²) in [5.74, 6) is 0.403. The molecule has 0 amide bonds. The molecule has 1 fully saturated rings. The lowest BCUT2D eigenvalue weighted by atomic mass is 9.88. The van der Waals surface area contributed by atoms with Gasteiger partial charge in [0.2, 0.25) is 0 Å². The van der Waals surface area contributed by atoms with E-state index in [1.165, 1.54) is 6.42 Å². The molecule has 2 atom stereocenters. The van der Waals surface area contributed by atoms with Crippen molar-refractivity contribution in [2.75, 3.05) is 46.8 Å². The summed E-state index contributed by atoms with van der Waals surface area (Å²) in [5.41, 5.74) is 5.16. The molecular weight excluding hydrogens is 238 g/mol. The van der Waals surface area contributed by atoms with Crippen LogP contribution in [0.3, 0.4) is 0 Å². The SMILES string of the molecule is CCN(CCCN(C)C)CCC1CCCC1(O)CN. The Hall–Kier alpha value is -0.160. The molecule has 0 aliphatic heterocycles. The first kappa shape index (κ1) is 16.9. The molecule has 0 aromatic carbocycles. The second kappa shape index (κ2) is 8.20. The van der Waals surface area contributed by atoms with Crippen molar-refractivity contribution in [2.24, 2.45) is 11.7 Å². The average Bonchev–Trinajstić information content (AvgIpc) is 2.75. The molecule has 0 spiro atoms. The minimum atomic E-state index is -0.580. The molecule has 19 heavy (non-hydrogen) atoms. The number of nitrogens with two attached hydrogens (primary N) is 1. The predicted octanol–water partition coefficient (Wildman–Crippen LogP) is 1.14. The minimum absolute atomic E-state index is 0.403. The smallest absolute Gasteiger partial charge is 0.0797 e. The molecule has 1 aliphatic rings. The quantitative estimate of drug-likeness (QED) is 0.660. The van der Waals surface area contributed by atoms with Crippen LogP contribution in [-0.2, 0) is 0 Å². The molecule has 114 valence electrons. The van der Waals surface area contributed by atoms with Gasteiger partial charge in [-0.15, -0.1) is 0 Å². The fourth-order valence-corrected chi connectivity index (χ4v) is 3.19. The summed E-state index contributed by atoms with van der Waals surface area (Å²) < 4.78 is 0. The van der Waals surface area contributed by atoms with E-state index >= 15 is 0 Å². The van der Waals surface area contributed by atoms with Gasteiger partial charge in [-0.1, -0.05) is 13.3 Å². The van der Waals surface area contributed by atoms with Gasteiger partial charge in [0.05, 0.1) is 5.60 Å². The normalized spacial score (nSPS) is 27.6. The monoisotopic (exact) mass is 271 g/mol. The second-order valence-corrected chi connectivity index (χ2v) is 6.28. The van der Waals surface area contributed by atoms with Gasteiger partial charge in [-0.05, 0) is 71.9 Å². The zero-order valence-corrected chi connectivity index (χ0v) is 13.1. The van der Waals surface area contributed by atoms with Crippen LogP contribution in [0.4, 0.5) is 0 Å². The molecule has 0 saturated heterocycles. The lowest BCUT2D eigenvalue weighted by Crippen LogP contribution is -2.42. The largest absolute Gasteiger partial charge is 0.388 e. The Labute approximate surface area is 118 Å². The summed E-state index contributed by atoms with van der Waals surface area (Å²) in [5, 5.41) is 10.4. The highest BCUT2D eigenvalue weighted by Crippen LogP contribution is 2.37. The van der Waals surface area contributed by atoms with E-state index < -0.39 is 5.60 Å². The Kier molecular flexibility index (Phi) is 7.29. The molecule has 0 bridgehead atoms. The highest BCUT2D eigenvalue weighted by Gasteiger charge is 2.39. The van der Waals surface area contributed by atoms with E-state index in [2.05, 4.69) is 30.8 Å². The van der Waals surface area contributed by atoms with Crippen molar-refractivity contribution in [1.82, 2.24) is 9.80 Å². The maximum atomic E-state index is 10.4. The van der Waals surface area contributed by atoms with Crippen LogP contribution in [0.15, 0.2) is 0 Å². The number of rotatable bonds is 9. The average molecular weight is 271 g/mol. The van der Waals surface area contributed by atoms with Crippen molar-refractivity contribution in [3.05, 3.63) is 0 Å². The second-order valence-electron chi connectivity index (χ2n) is 6.28. The molecular formula is C15H33N3O. The Morgan fingerprint density at radius 2 is 2.00 bits per heavy atom. The first-order valence-corrected chi connectivity index (χ1v) is 7.81. The van der Waals surface area contributed by atoms with Gasteiger partial charge in [0.25, 0.3) is 0 Å². The fourth-order valence-electron chi connectivity index (χ4n) is 3.19. The van der Waals surface area contributed by atoms with Crippen LogP contribution in [0.1, 0.15) is 39.0 Å². The van der Waals surface area contributed by atoms with Gasteiger partial charge in [0.15, 0.2) is 0 Å². The third-order valence-corrected chi connectivity index (χ3v) is 4.60. The number of hydrogen-bond donors (Lipinski definition) is 2. The van der Waals surface area contributed by atoms with Gasteiger partial charge >= 0.3 is 0 Å². The zero-order chi connectivity index (χ0) is 14.3. The summed E-state index contributed by atoms with van der Waals surface area (Å²) in [7, 11) is 4.24. The molecule has 1 aliphatic carbocycles. The molecule has 0 aromatic rings. The Balaban J connectivity index is 2.28. The summed E-state index contributed by atoms with van der Waals surface area (Å²) in [6, 6.07) is 0. The number of hydrogen-bond acceptors (Lipinski definition) is 4. The van der Waals surface area contributed by atoms with E-state index in [-0.39, 0.29) is 0 Å². The van der Waals surface area contributed by atoms with Crippen molar-refractivity contribution in [3.8, 4) is 0 Å². The standard InChI is InChI=1S/C15H33N3O/c1-4-18(11-6-10-17(2)3)12-8-14-7-5-9-15(14,19)13-16/h14,19H,4-13,16H2,1-3H3. The first-order chi connectivity index (χ1) is 9.01. The molecule has 3 N–H and O–H groups in total. The van der Waals surface area contributed by atoms with E-state index in [1.54, 1.807) is 0 Å². The predicted molar refractivity (Wildman–Crippen MR) is 81.2 cm³/mol.